The summed E-state index contributed by atoms with van der Waals surface area (Å²) in [6.45, 7) is 16.3. The van der Waals surface area contributed by atoms with Crippen molar-refractivity contribution in [3.8, 4) is 0 Å². The third-order valence-corrected chi connectivity index (χ3v) is 14.7. The highest BCUT2D eigenvalue weighted by Crippen LogP contribution is 2.75. The van der Waals surface area contributed by atoms with E-state index in [1.54, 1.807) is 6.08 Å². The SMILES string of the molecule is CC1(C)CC2C3=CCC4C5(C)CCC(O)C(C)(C)C5CCC4(C)C3(C)CCC2(C(=O)O)CC1OC(=O)C=Cc1ccccc1. The first-order valence-corrected chi connectivity index (χ1v) is 17.1. The summed E-state index contributed by atoms with van der Waals surface area (Å²) in [5, 5.41) is 21.9. The van der Waals surface area contributed by atoms with Crippen LogP contribution in [0.4, 0.5) is 0 Å². The van der Waals surface area contributed by atoms with E-state index in [1.807, 2.05) is 30.3 Å². The largest absolute Gasteiger partial charge is 0.481 e. The molecule has 0 radical (unpaired) electrons. The molecule has 0 amide bonds. The van der Waals surface area contributed by atoms with E-state index in [2.05, 4.69) is 54.5 Å². The van der Waals surface area contributed by atoms with E-state index >= 15 is 0 Å². The molecule has 44 heavy (non-hydrogen) atoms. The minimum Gasteiger partial charge on any atom is -0.481 e. The first-order valence-electron chi connectivity index (χ1n) is 17.1. The predicted octanol–water partition coefficient (Wildman–Crippen LogP) is 8.47. The molecule has 2 N–H and O–H groups in total. The van der Waals surface area contributed by atoms with Crippen LogP contribution in [0.2, 0.25) is 0 Å². The van der Waals surface area contributed by atoms with Gasteiger partial charge in [-0.2, -0.15) is 0 Å². The molecule has 5 aliphatic carbocycles. The first kappa shape index (κ1) is 31.6. The maximum atomic E-state index is 13.3. The smallest absolute Gasteiger partial charge is 0.331 e. The van der Waals surface area contributed by atoms with Crippen molar-refractivity contribution in [1.82, 2.24) is 0 Å². The Kier molecular flexibility index (Phi) is 7.40. The predicted molar refractivity (Wildman–Crippen MR) is 173 cm³/mol. The number of aliphatic hydroxyl groups is 1. The number of carboxylic acid groups (broad SMARTS) is 1. The number of carbonyl (C=O) groups is 2. The van der Waals surface area contributed by atoms with Gasteiger partial charge in [-0.25, -0.2) is 4.79 Å². The van der Waals surface area contributed by atoms with E-state index in [0.29, 0.717) is 31.1 Å². The van der Waals surface area contributed by atoms with Crippen LogP contribution in [-0.2, 0) is 14.3 Å². The lowest BCUT2D eigenvalue weighted by Crippen LogP contribution is -2.65. The van der Waals surface area contributed by atoms with E-state index in [9.17, 15) is 19.8 Å². The Bertz CT molecular complexity index is 1370. The van der Waals surface area contributed by atoms with Crippen molar-refractivity contribution in [2.24, 2.45) is 50.2 Å². The molecule has 1 aromatic rings. The van der Waals surface area contributed by atoms with Gasteiger partial charge in [0.15, 0.2) is 0 Å². The highest BCUT2D eigenvalue weighted by atomic mass is 16.5. The highest BCUT2D eigenvalue weighted by molar-refractivity contribution is 5.87. The molecule has 5 heteroatoms. The van der Waals surface area contributed by atoms with E-state index in [0.717, 1.165) is 44.1 Å². The number of esters is 1. The molecule has 5 aliphatic rings. The fraction of sp³-hybridized carbons (Fsp3) is 0.692. The van der Waals surface area contributed by atoms with Gasteiger partial charge in [-0.05, 0) is 102 Å². The van der Waals surface area contributed by atoms with Gasteiger partial charge >= 0.3 is 11.9 Å². The van der Waals surface area contributed by atoms with Crippen molar-refractivity contribution in [3.05, 3.63) is 53.6 Å². The van der Waals surface area contributed by atoms with Gasteiger partial charge < -0.3 is 14.9 Å². The fourth-order valence-corrected chi connectivity index (χ4v) is 11.7. The standard InChI is InChI=1S/C39H54O5/c1-34(2)23-27-26-14-15-29-36(5)19-18-30(40)35(3,4)28(36)17-20-38(29,7)37(26,6)21-22-39(27,33(42)43)24-31(34)44-32(41)16-13-25-11-9-8-10-12-25/h8-14,16,27-31,40H,15,17-24H2,1-7H3,(H,42,43). The summed E-state index contributed by atoms with van der Waals surface area (Å²) in [5.41, 5.74) is 1.05. The number of rotatable bonds is 4. The van der Waals surface area contributed by atoms with Gasteiger partial charge in [0.05, 0.1) is 11.5 Å². The molecule has 4 saturated carbocycles. The molecule has 6 rings (SSSR count). The van der Waals surface area contributed by atoms with Gasteiger partial charge in [0, 0.05) is 17.9 Å². The summed E-state index contributed by atoms with van der Waals surface area (Å²) in [4.78, 5) is 26.4. The van der Waals surface area contributed by atoms with E-state index < -0.39 is 23.5 Å². The lowest BCUT2D eigenvalue weighted by atomic mass is 9.33. The number of carboxylic acids is 1. The molecule has 0 saturated heterocycles. The van der Waals surface area contributed by atoms with Crippen molar-refractivity contribution in [2.75, 3.05) is 0 Å². The Labute approximate surface area is 264 Å². The van der Waals surface area contributed by atoms with E-state index in [1.165, 1.54) is 11.6 Å². The zero-order valence-corrected chi connectivity index (χ0v) is 28.0. The summed E-state index contributed by atoms with van der Waals surface area (Å²) >= 11 is 0. The van der Waals surface area contributed by atoms with Crippen LogP contribution in [0, 0.1) is 50.2 Å². The third kappa shape index (κ3) is 4.42. The normalized spacial score (nSPS) is 43.9. The minimum absolute atomic E-state index is 0.0705. The molecule has 0 bridgehead atoms. The minimum atomic E-state index is -0.934. The number of aliphatic hydroxyl groups excluding tert-OH is 1. The summed E-state index contributed by atoms with van der Waals surface area (Å²) in [5.74, 6) is -0.237. The summed E-state index contributed by atoms with van der Waals surface area (Å²) in [6, 6.07) is 9.67. The summed E-state index contributed by atoms with van der Waals surface area (Å²) < 4.78 is 6.09. The molecule has 9 atom stereocenters. The van der Waals surface area contributed by atoms with Gasteiger partial charge in [0.2, 0.25) is 0 Å². The summed E-state index contributed by atoms with van der Waals surface area (Å²) in [6.07, 6.45) is 12.6. The lowest BCUT2D eigenvalue weighted by Gasteiger charge is -2.71. The van der Waals surface area contributed by atoms with Gasteiger partial charge in [-0.3, -0.25) is 4.79 Å². The molecule has 5 nitrogen and oxygen atoms in total. The molecule has 4 fully saturated rings. The monoisotopic (exact) mass is 602 g/mol. The van der Waals surface area contributed by atoms with Crippen molar-refractivity contribution in [3.63, 3.8) is 0 Å². The molecule has 0 spiro atoms. The number of allylic oxidation sites excluding steroid dienone is 2. The van der Waals surface area contributed by atoms with Crippen LogP contribution in [0.15, 0.2) is 48.1 Å². The number of fused-ring (bicyclic) bond motifs is 7. The Hall–Kier alpha value is -2.40. The van der Waals surface area contributed by atoms with Crippen LogP contribution in [0.5, 0.6) is 0 Å². The quantitative estimate of drug-likeness (QED) is 0.205. The number of aliphatic carboxylic acids is 1. The lowest BCUT2D eigenvalue weighted by molar-refractivity contribution is -0.210. The molecule has 0 aliphatic heterocycles. The molecular formula is C39H54O5. The molecule has 0 heterocycles. The molecule has 0 aromatic heterocycles. The van der Waals surface area contributed by atoms with Crippen molar-refractivity contribution in [1.29, 1.82) is 0 Å². The second kappa shape index (κ2) is 10.3. The summed E-state index contributed by atoms with van der Waals surface area (Å²) in [7, 11) is 0. The molecule has 9 unspecified atom stereocenters. The maximum absolute atomic E-state index is 13.3. The fourth-order valence-electron chi connectivity index (χ4n) is 11.7. The average molecular weight is 603 g/mol. The van der Waals surface area contributed by atoms with Gasteiger partial charge in [0.1, 0.15) is 6.10 Å². The molecule has 240 valence electrons. The molecular weight excluding hydrogens is 548 g/mol. The van der Waals surface area contributed by atoms with Crippen LogP contribution in [-0.4, -0.2) is 34.4 Å². The number of hydrogen-bond donors (Lipinski definition) is 2. The van der Waals surface area contributed by atoms with Crippen molar-refractivity contribution >= 4 is 18.0 Å². The van der Waals surface area contributed by atoms with Gasteiger partial charge in [-0.15, -0.1) is 0 Å². The van der Waals surface area contributed by atoms with Crippen LogP contribution in [0.3, 0.4) is 0 Å². The topological polar surface area (TPSA) is 83.8 Å². The Morgan fingerprint density at radius 3 is 2.27 bits per heavy atom. The van der Waals surface area contributed by atoms with E-state index in [-0.39, 0.29) is 39.1 Å². The number of hydrogen-bond acceptors (Lipinski definition) is 4. The number of ether oxygens (including phenoxy) is 1. The van der Waals surface area contributed by atoms with Crippen LogP contribution in [0.1, 0.15) is 112 Å². The molecule has 1 aromatic carbocycles. The zero-order valence-electron chi connectivity index (χ0n) is 28.0. The Balaban J connectivity index is 1.31. The average Bonchev–Trinajstić information content (AvgIpc) is 2.95. The van der Waals surface area contributed by atoms with Gasteiger partial charge in [-0.1, -0.05) is 90.4 Å². The third-order valence-electron chi connectivity index (χ3n) is 14.7. The zero-order chi connectivity index (χ0) is 31.9. The van der Waals surface area contributed by atoms with Crippen LogP contribution < -0.4 is 0 Å². The van der Waals surface area contributed by atoms with Crippen LogP contribution in [0.25, 0.3) is 6.08 Å². The second-order valence-electron chi connectivity index (χ2n) is 17.3. The van der Waals surface area contributed by atoms with Crippen molar-refractivity contribution < 1.29 is 24.5 Å². The van der Waals surface area contributed by atoms with Crippen molar-refractivity contribution in [2.45, 2.75) is 118 Å². The maximum Gasteiger partial charge on any atom is 0.331 e. The Morgan fingerprint density at radius 1 is 0.886 bits per heavy atom. The highest BCUT2D eigenvalue weighted by Gasteiger charge is 2.70. The number of benzene rings is 1. The first-order chi connectivity index (χ1) is 20.5. The Morgan fingerprint density at radius 2 is 1.59 bits per heavy atom. The second-order valence-corrected chi connectivity index (χ2v) is 17.3. The number of carbonyl (C=O) groups excluding carboxylic acids is 1. The van der Waals surface area contributed by atoms with E-state index in [4.69, 9.17) is 4.74 Å². The van der Waals surface area contributed by atoms with Crippen LogP contribution >= 0.6 is 0 Å². The van der Waals surface area contributed by atoms with Gasteiger partial charge in [0.25, 0.3) is 0 Å².